The monoisotopic (exact) mass is 298 g/mol. The lowest BCUT2D eigenvalue weighted by atomic mass is 9.84. The Kier molecular flexibility index (Phi) is 3.43. The van der Waals surface area contributed by atoms with Gasteiger partial charge in [-0.2, -0.15) is 11.8 Å². The van der Waals surface area contributed by atoms with E-state index in [0.717, 1.165) is 26.9 Å². The molecular weight excluding hydrogens is 284 g/mol. The maximum absolute atomic E-state index is 5.99. The summed E-state index contributed by atoms with van der Waals surface area (Å²) in [5, 5.41) is 5.27. The summed E-state index contributed by atoms with van der Waals surface area (Å²) in [5.74, 6) is 0. The van der Waals surface area contributed by atoms with Gasteiger partial charge in [-0.1, -0.05) is 29.4 Å². The Labute approximate surface area is 120 Å². The van der Waals surface area contributed by atoms with Crippen molar-refractivity contribution in [2.24, 2.45) is 0 Å². The molecule has 0 aliphatic heterocycles. The molecular formula is C13H15ClN2S2. The van der Waals surface area contributed by atoms with Crippen LogP contribution < -0.4 is 5.32 Å². The zero-order valence-electron chi connectivity index (χ0n) is 10.2. The molecule has 1 fully saturated rings. The summed E-state index contributed by atoms with van der Waals surface area (Å²) in [6.07, 6.45) is 6.20. The number of nitrogens with one attached hydrogen (secondary N) is 1. The van der Waals surface area contributed by atoms with Crippen LogP contribution in [0.3, 0.4) is 0 Å². The minimum Gasteiger partial charge on any atom is -0.360 e. The normalized spacial score (nSPS) is 17.7. The maximum Gasteiger partial charge on any atom is 0.183 e. The molecule has 0 radical (unpaired) electrons. The summed E-state index contributed by atoms with van der Waals surface area (Å²) in [6.45, 7) is 1.02. The minimum atomic E-state index is 0.440. The van der Waals surface area contributed by atoms with E-state index >= 15 is 0 Å². The molecule has 0 amide bonds. The lowest BCUT2D eigenvalue weighted by Crippen LogP contribution is -2.40. The predicted molar refractivity (Wildman–Crippen MR) is 83.2 cm³/mol. The van der Waals surface area contributed by atoms with Crippen LogP contribution in [0, 0.1) is 0 Å². The summed E-state index contributed by atoms with van der Waals surface area (Å²) in [4.78, 5) is 4.59. The second kappa shape index (κ2) is 4.91. The van der Waals surface area contributed by atoms with Crippen LogP contribution in [0.5, 0.6) is 0 Å². The highest BCUT2D eigenvalue weighted by Gasteiger charge is 2.35. The van der Waals surface area contributed by atoms with E-state index in [4.69, 9.17) is 11.6 Å². The number of hydrogen-bond donors (Lipinski definition) is 1. The van der Waals surface area contributed by atoms with Crippen molar-refractivity contribution in [2.75, 3.05) is 18.1 Å². The third-order valence-electron chi connectivity index (χ3n) is 3.61. The molecule has 1 aliphatic rings. The topological polar surface area (TPSA) is 24.9 Å². The molecule has 1 aliphatic carbocycles. The molecule has 1 heterocycles. The van der Waals surface area contributed by atoms with Crippen molar-refractivity contribution in [3.8, 4) is 0 Å². The first-order valence-corrected chi connectivity index (χ1v) is 8.48. The van der Waals surface area contributed by atoms with Crippen LogP contribution in [-0.4, -0.2) is 22.5 Å². The standard InChI is InChI=1S/C13H15ClN2S2/c1-17-13(5-2-6-13)8-15-12-16-10-4-3-9(14)7-11(10)18-12/h3-4,7H,2,5-6,8H2,1H3,(H,15,16). The Morgan fingerprint density at radius 3 is 3.00 bits per heavy atom. The molecule has 96 valence electrons. The minimum absolute atomic E-state index is 0.440. The summed E-state index contributed by atoms with van der Waals surface area (Å²) in [6, 6.07) is 5.85. The fourth-order valence-corrected chi connectivity index (χ4v) is 4.29. The molecule has 2 aromatic rings. The number of nitrogens with zero attached hydrogens (tertiary/aromatic N) is 1. The average Bonchev–Trinajstić information content (AvgIpc) is 2.70. The number of anilines is 1. The number of fused-ring (bicyclic) bond motifs is 1. The molecule has 2 nitrogen and oxygen atoms in total. The van der Waals surface area contributed by atoms with Gasteiger partial charge < -0.3 is 5.32 Å². The average molecular weight is 299 g/mol. The van der Waals surface area contributed by atoms with Gasteiger partial charge in [0.15, 0.2) is 5.13 Å². The number of thiazole rings is 1. The lowest BCUT2D eigenvalue weighted by Gasteiger charge is -2.40. The Balaban J connectivity index is 1.74. The van der Waals surface area contributed by atoms with Gasteiger partial charge >= 0.3 is 0 Å². The number of benzene rings is 1. The van der Waals surface area contributed by atoms with Crippen molar-refractivity contribution in [3.63, 3.8) is 0 Å². The highest BCUT2D eigenvalue weighted by atomic mass is 35.5. The molecule has 1 N–H and O–H groups in total. The molecule has 0 atom stereocenters. The van der Waals surface area contributed by atoms with Crippen LogP contribution >= 0.6 is 34.7 Å². The molecule has 1 saturated carbocycles. The lowest BCUT2D eigenvalue weighted by molar-refractivity contribution is 0.380. The van der Waals surface area contributed by atoms with Gasteiger partial charge in [-0.25, -0.2) is 4.98 Å². The predicted octanol–water partition coefficient (Wildman–Crippen LogP) is 4.65. The van der Waals surface area contributed by atoms with E-state index in [1.807, 2.05) is 30.0 Å². The van der Waals surface area contributed by atoms with Crippen LogP contribution in [0.25, 0.3) is 10.2 Å². The molecule has 0 bridgehead atoms. The summed E-state index contributed by atoms with van der Waals surface area (Å²) < 4.78 is 1.59. The van der Waals surface area contributed by atoms with E-state index in [-0.39, 0.29) is 0 Å². The fourth-order valence-electron chi connectivity index (χ4n) is 2.23. The van der Waals surface area contributed by atoms with E-state index < -0.39 is 0 Å². The molecule has 0 spiro atoms. The van der Waals surface area contributed by atoms with Crippen molar-refractivity contribution in [2.45, 2.75) is 24.0 Å². The fraction of sp³-hybridized carbons (Fsp3) is 0.462. The van der Waals surface area contributed by atoms with E-state index in [1.54, 1.807) is 11.3 Å². The van der Waals surface area contributed by atoms with E-state index in [9.17, 15) is 0 Å². The number of halogens is 1. The second-order valence-corrected chi connectivity index (χ2v) is 7.47. The van der Waals surface area contributed by atoms with Gasteiger partial charge in [0.05, 0.1) is 10.2 Å². The third kappa shape index (κ3) is 2.33. The highest BCUT2D eigenvalue weighted by molar-refractivity contribution is 8.00. The van der Waals surface area contributed by atoms with Gasteiger partial charge in [0.2, 0.25) is 0 Å². The van der Waals surface area contributed by atoms with Gasteiger partial charge in [0.1, 0.15) is 0 Å². The molecule has 0 unspecified atom stereocenters. The van der Waals surface area contributed by atoms with Crippen LogP contribution in [0.2, 0.25) is 5.02 Å². The Hall–Kier alpha value is -0.450. The van der Waals surface area contributed by atoms with Crippen LogP contribution in [-0.2, 0) is 0 Å². The van der Waals surface area contributed by atoms with Gasteiger partial charge in [-0.05, 0) is 37.3 Å². The molecule has 0 saturated heterocycles. The highest BCUT2D eigenvalue weighted by Crippen LogP contribution is 2.43. The quantitative estimate of drug-likeness (QED) is 0.889. The molecule has 18 heavy (non-hydrogen) atoms. The zero-order valence-corrected chi connectivity index (χ0v) is 12.6. The van der Waals surface area contributed by atoms with Crippen LogP contribution in [0.15, 0.2) is 18.2 Å². The van der Waals surface area contributed by atoms with E-state index in [1.165, 1.54) is 19.3 Å². The van der Waals surface area contributed by atoms with Gasteiger partial charge in [-0.15, -0.1) is 0 Å². The Morgan fingerprint density at radius 1 is 1.50 bits per heavy atom. The zero-order chi connectivity index (χ0) is 12.6. The van der Waals surface area contributed by atoms with E-state index in [2.05, 4.69) is 16.6 Å². The smallest absolute Gasteiger partial charge is 0.183 e. The Bertz CT molecular complexity index is 558. The summed E-state index contributed by atoms with van der Waals surface area (Å²) >= 11 is 9.65. The molecule has 3 rings (SSSR count). The van der Waals surface area contributed by atoms with Crippen molar-refractivity contribution in [3.05, 3.63) is 23.2 Å². The van der Waals surface area contributed by atoms with Crippen LogP contribution in [0.4, 0.5) is 5.13 Å². The summed E-state index contributed by atoms with van der Waals surface area (Å²) in [7, 11) is 0. The van der Waals surface area contributed by atoms with Gasteiger partial charge in [0.25, 0.3) is 0 Å². The largest absolute Gasteiger partial charge is 0.360 e. The third-order valence-corrected chi connectivity index (χ3v) is 6.24. The van der Waals surface area contributed by atoms with E-state index in [0.29, 0.717) is 4.75 Å². The first-order chi connectivity index (χ1) is 8.71. The van der Waals surface area contributed by atoms with Crippen molar-refractivity contribution in [1.82, 2.24) is 4.98 Å². The van der Waals surface area contributed by atoms with Crippen molar-refractivity contribution < 1.29 is 0 Å². The number of thioether (sulfide) groups is 1. The second-order valence-electron chi connectivity index (χ2n) is 4.73. The molecule has 1 aromatic carbocycles. The SMILES string of the molecule is CSC1(CNc2nc3ccc(Cl)cc3s2)CCC1. The van der Waals surface area contributed by atoms with Crippen molar-refractivity contribution in [1.29, 1.82) is 0 Å². The number of aromatic nitrogens is 1. The molecule has 5 heteroatoms. The van der Waals surface area contributed by atoms with Crippen LogP contribution in [0.1, 0.15) is 19.3 Å². The van der Waals surface area contributed by atoms with Gasteiger partial charge in [0, 0.05) is 16.3 Å². The number of rotatable bonds is 4. The first-order valence-electron chi connectivity index (χ1n) is 6.06. The maximum atomic E-state index is 5.99. The molecule has 1 aromatic heterocycles. The number of hydrogen-bond acceptors (Lipinski definition) is 4. The first kappa shape index (κ1) is 12.6. The van der Waals surface area contributed by atoms with Gasteiger partial charge in [-0.3, -0.25) is 0 Å². The van der Waals surface area contributed by atoms with Crippen molar-refractivity contribution >= 4 is 50.0 Å². The Morgan fingerprint density at radius 2 is 2.33 bits per heavy atom. The summed E-state index contributed by atoms with van der Waals surface area (Å²) in [5.41, 5.74) is 1.03.